The first kappa shape index (κ1) is 17.7. The summed E-state index contributed by atoms with van der Waals surface area (Å²) in [5.74, 6) is 0.262. The predicted molar refractivity (Wildman–Crippen MR) is 97.3 cm³/mol. The Bertz CT molecular complexity index is 831. The Morgan fingerprint density at radius 2 is 1.92 bits per heavy atom. The van der Waals surface area contributed by atoms with Gasteiger partial charge in [0.2, 0.25) is 5.95 Å². The van der Waals surface area contributed by atoms with Gasteiger partial charge in [0.25, 0.3) is 0 Å². The molecule has 8 heteroatoms. The van der Waals surface area contributed by atoms with Gasteiger partial charge in [-0.25, -0.2) is 9.78 Å². The molecule has 26 heavy (non-hydrogen) atoms. The van der Waals surface area contributed by atoms with Crippen LogP contribution in [0.1, 0.15) is 34.3 Å². The van der Waals surface area contributed by atoms with Gasteiger partial charge in [0, 0.05) is 30.9 Å². The lowest BCUT2D eigenvalue weighted by atomic mass is 10.0. The number of nitrogen functional groups attached to an aromatic ring is 1. The number of benzene rings is 1. The van der Waals surface area contributed by atoms with Crippen molar-refractivity contribution in [3.63, 3.8) is 0 Å². The molecule has 0 atom stereocenters. The molecule has 4 N–H and O–H groups in total. The first-order valence-electron chi connectivity index (χ1n) is 8.43. The molecule has 1 aromatic heterocycles. The quantitative estimate of drug-likeness (QED) is 0.718. The number of anilines is 2. The predicted octanol–water partition coefficient (Wildman–Crippen LogP) is 2.15. The minimum Gasteiger partial charge on any atom is -0.465 e. The lowest BCUT2D eigenvalue weighted by molar-refractivity contribution is 0.103. The van der Waals surface area contributed by atoms with E-state index in [-0.39, 0.29) is 23.2 Å². The van der Waals surface area contributed by atoms with Gasteiger partial charge in [-0.1, -0.05) is 24.3 Å². The van der Waals surface area contributed by atoms with Crippen LogP contribution >= 0.6 is 0 Å². The zero-order valence-corrected chi connectivity index (χ0v) is 14.5. The van der Waals surface area contributed by atoms with Crippen molar-refractivity contribution in [2.45, 2.75) is 25.8 Å². The fourth-order valence-electron chi connectivity index (χ4n) is 3.01. The summed E-state index contributed by atoms with van der Waals surface area (Å²) < 4.78 is 0. The monoisotopic (exact) mass is 355 g/mol. The summed E-state index contributed by atoms with van der Waals surface area (Å²) in [6.45, 7) is 2.79. The molecule has 0 bridgehead atoms. The van der Waals surface area contributed by atoms with Crippen LogP contribution in [0.5, 0.6) is 0 Å². The van der Waals surface area contributed by atoms with E-state index in [0.29, 0.717) is 37.4 Å². The molecule has 2 heterocycles. The van der Waals surface area contributed by atoms with Gasteiger partial charge in [-0.3, -0.25) is 4.79 Å². The minimum atomic E-state index is -0.900. The van der Waals surface area contributed by atoms with Crippen molar-refractivity contribution in [2.24, 2.45) is 0 Å². The number of carboxylic acid groups (broad SMARTS) is 1. The summed E-state index contributed by atoms with van der Waals surface area (Å²) in [5.41, 5.74) is 7.69. The van der Waals surface area contributed by atoms with Gasteiger partial charge in [0.05, 0.1) is 5.56 Å². The molecule has 2 aromatic rings. The summed E-state index contributed by atoms with van der Waals surface area (Å²) in [5, 5.41) is 12.1. The second kappa shape index (κ2) is 7.38. The van der Waals surface area contributed by atoms with Gasteiger partial charge >= 0.3 is 6.09 Å². The van der Waals surface area contributed by atoms with Crippen LogP contribution < -0.4 is 11.1 Å². The Kier molecular flexibility index (Phi) is 5.01. The molecule has 1 fully saturated rings. The SMILES string of the molecule is Cc1ccccc1C(=O)c1cnc(NC2CCN(C(=O)O)CC2)nc1N. The van der Waals surface area contributed by atoms with Crippen molar-refractivity contribution in [1.29, 1.82) is 0 Å². The summed E-state index contributed by atoms with van der Waals surface area (Å²) >= 11 is 0. The van der Waals surface area contributed by atoms with E-state index in [0.717, 1.165) is 5.56 Å². The zero-order chi connectivity index (χ0) is 18.7. The van der Waals surface area contributed by atoms with E-state index < -0.39 is 6.09 Å². The standard InChI is InChI=1S/C18H21N5O3/c1-11-4-2-3-5-13(11)15(24)14-10-20-17(22-16(14)19)21-12-6-8-23(9-7-12)18(25)26/h2-5,10,12H,6-9H2,1H3,(H,25,26)(H3,19,20,21,22). The lowest BCUT2D eigenvalue weighted by Crippen LogP contribution is -2.41. The highest BCUT2D eigenvalue weighted by Gasteiger charge is 2.23. The maximum Gasteiger partial charge on any atom is 0.407 e. The van der Waals surface area contributed by atoms with Crippen LogP contribution in [-0.4, -0.2) is 51.0 Å². The first-order chi connectivity index (χ1) is 12.5. The van der Waals surface area contributed by atoms with Crippen LogP contribution in [0.15, 0.2) is 30.5 Å². The summed E-state index contributed by atoms with van der Waals surface area (Å²) in [4.78, 5) is 33.4. The third-order valence-electron chi connectivity index (χ3n) is 4.55. The van der Waals surface area contributed by atoms with E-state index in [1.165, 1.54) is 11.1 Å². The maximum atomic E-state index is 12.6. The fraction of sp³-hybridized carbons (Fsp3) is 0.333. The summed E-state index contributed by atoms with van der Waals surface area (Å²) in [6, 6.07) is 7.36. The third kappa shape index (κ3) is 3.74. The molecule has 1 aliphatic rings. The van der Waals surface area contributed by atoms with Gasteiger partial charge in [-0.05, 0) is 25.3 Å². The lowest BCUT2D eigenvalue weighted by Gasteiger charge is -2.30. The number of aryl methyl sites for hydroxylation is 1. The highest BCUT2D eigenvalue weighted by atomic mass is 16.4. The average molecular weight is 355 g/mol. The molecule has 0 saturated carbocycles. The molecule has 0 radical (unpaired) electrons. The van der Waals surface area contributed by atoms with Crippen LogP contribution in [0.4, 0.5) is 16.6 Å². The molecule has 0 spiro atoms. The van der Waals surface area contributed by atoms with E-state index in [2.05, 4.69) is 15.3 Å². The number of amides is 1. The van der Waals surface area contributed by atoms with Crippen molar-refractivity contribution in [1.82, 2.24) is 14.9 Å². The molecule has 1 aromatic carbocycles. The van der Waals surface area contributed by atoms with Crippen molar-refractivity contribution >= 4 is 23.6 Å². The molecule has 1 amide bonds. The number of nitrogens with zero attached hydrogens (tertiary/aromatic N) is 3. The minimum absolute atomic E-state index is 0.0721. The normalized spacial score (nSPS) is 14.9. The Morgan fingerprint density at radius 1 is 1.23 bits per heavy atom. The largest absolute Gasteiger partial charge is 0.465 e. The second-order valence-electron chi connectivity index (χ2n) is 6.32. The van der Waals surface area contributed by atoms with Crippen molar-refractivity contribution in [3.05, 3.63) is 47.2 Å². The number of carbonyl (C=O) groups is 2. The number of hydrogen-bond acceptors (Lipinski definition) is 6. The Balaban J connectivity index is 1.69. The molecule has 1 aliphatic heterocycles. The highest BCUT2D eigenvalue weighted by molar-refractivity contribution is 6.12. The van der Waals surface area contributed by atoms with Gasteiger partial charge in [-0.15, -0.1) is 0 Å². The maximum absolute atomic E-state index is 12.6. The molecular weight excluding hydrogens is 334 g/mol. The Morgan fingerprint density at radius 3 is 2.54 bits per heavy atom. The van der Waals surface area contributed by atoms with Gasteiger partial charge < -0.3 is 21.1 Å². The van der Waals surface area contributed by atoms with Gasteiger partial charge in [0.1, 0.15) is 5.82 Å². The molecule has 136 valence electrons. The van der Waals surface area contributed by atoms with Crippen LogP contribution in [-0.2, 0) is 0 Å². The molecule has 0 unspecified atom stereocenters. The molecule has 8 nitrogen and oxygen atoms in total. The number of hydrogen-bond donors (Lipinski definition) is 3. The second-order valence-corrected chi connectivity index (χ2v) is 6.32. The average Bonchev–Trinajstić information content (AvgIpc) is 2.62. The van der Waals surface area contributed by atoms with Crippen LogP contribution in [0.3, 0.4) is 0 Å². The summed E-state index contributed by atoms with van der Waals surface area (Å²) in [7, 11) is 0. The number of carbonyl (C=O) groups excluding carboxylic acids is 1. The Labute approximate surface area is 151 Å². The van der Waals surface area contributed by atoms with Gasteiger partial charge in [0.15, 0.2) is 5.78 Å². The zero-order valence-electron chi connectivity index (χ0n) is 14.5. The van der Waals surface area contributed by atoms with Crippen LogP contribution in [0, 0.1) is 6.92 Å². The fourth-order valence-corrected chi connectivity index (χ4v) is 3.01. The molecule has 0 aliphatic carbocycles. The van der Waals surface area contributed by atoms with E-state index in [1.54, 1.807) is 12.1 Å². The van der Waals surface area contributed by atoms with Crippen molar-refractivity contribution in [3.8, 4) is 0 Å². The number of nitrogens with one attached hydrogen (secondary N) is 1. The summed E-state index contributed by atoms with van der Waals surface area (Å²) in [6.07, 6.45) is 1.87. The highest BCUT2D eigenvalue weighted by Crippen LogP contribution is 2.20. The van der Waals surface area contributed by atoms with Crippen LogP contribution in [0.25, 0.3) is 0 Å². The molecule has 1 saturated heterocycles. The van der Waals surface area contributed by atoms with Crippen molar-refractivity contribution < 1.29 is 14.7 Å². The van der Waals surface area contributed by atoms with Gasteiger partial charge in [-0.2, -0.15) is 4.98 Å². The Hall–Kier alpha value is -3.16. The number of rotatable bonds is 4. The topological polar surface area (TPSA) is 121 Å². The molecule has 3 rings (SSSR count). The van der Waals surface area contributed by atoms with E-state index in [1.807, 2.05) is 19.1 Å². The number of ketones is 1. The number of piperidine rings is 1. The third-order valence-corrected chi connectivity index (χ3v) is 4.55. The first-order valence-corrected chi connectivity index (χ1v) is 8.43. The number of likely N-dealkylation sites (tertiary alicyclic amines) is 1. The van der Waals surface area contributed by atoms with E-state index >= 15 is 0 Å². The smallest absolute Gasteiger partial charge is 0.407 e. The van der Waals surface area contributed by atoms with Crippen LogP contribution in [0.2, 0.25) is 0 Å². The van der Waals surface area contributed by atoms with Crippen molar-refractivity contribution in [2.75, 3.05) is 24.1 Å². The number of aromatic nitrogens is 2. The molecular formula is C18H21N5O3. The number of nitrogens with two attached hydrogens (primary N) is 1. The van der Waals surface area contributed by atoms with E-state index in [4.69, 9.17) is 10.8 Å². The van der Waals surface area contributed by atoms with E-state index in [9.17, 15) is 9.59 Å².